The molecule has 102 valence electrons. The van der Waals surface area contributed by atoms with Gasteiger partial charge in [0, 0.05) is 12.5 Å². The smallest absolute Gasteiger partial charge is 0.176 e. The normalized spacial score (nSPS) is 12.7. The zero-order valence-corrected chi connectivity index (χ0v) is 11.6. The lowest BCUT2D eigenvalue weighted by Crippen LogP contribution is -2.19. The van der Waals surface area contributed by atoms with Crippen LogP contribution in [-0.2, 0) is 13.5 Å². The molecule has 0 bridgehead atoms. The lowest BCUT2D eigenvalue weighted by Gasteiger charge is -2.17. The number of benzene rings is 2. The third-order valence-corrected chi connectivity index (χ3v) is 3.48. The number of nitrogens with zero attached hydrogens (tertiary/aromatic N) is 4. The van der Waals surface area contributed by atoms with Crippen molar-refractivity contribution >= 4 is 10.8 Å². The van der Waals surface area contributed by atoms with E-state index < -0.39 is 0 Å². The Bertz CT molecular complexity index is 714. The highest BCUT2D eigenvalue weighted by Gasteiger charge is 2.15. The second kappa shape index (κ2) is 5.38. The Balaban J connectivity index is 1.98. The van der Waals surface area contributed by atoms with Crippen LogP contribution in [0.5, 0.6) is 0 Å². The van der Waals surface area contributed by atoms with E-state index >= 15 is 0 Å². The first-order valence-corrected chi connectivity index (χ1v) is 6.65. The molecule has 0 radical (unpaired) electrons. The fourth-order valence-electron chi connectivity index (χ4n) is 2.51. The Hall–Kier alpha value is -2.27. The summed E-state index contributed by atoms with van der Waals surface area (Å²) in [5, 5.41) is 18.1. The molecule has 0 saturated heterocycles. The molecule has 0 aliphatic rings. The molecule has 1 unspecified atom stereocenters. The molecule has 1 heterocycles. The van der Waals surface area contributed by atoms with Crippen molar-refractivity contribution in [1.82, 2.24) is 25.5 Å². The summed E-state index contributed by atoms with van der Waals surface area (Å²) >= 11 is 0. The molecule has 0 fully saturated rings. The van der Waals surface area contributed by atoms with Crippen LogP contribution in [0.3, 0.4) is 0 Å². The van der Waals surface area contributed by atoms with Crippen molar-refractivity contribution < 1.29 is 0 Å². The van der Waals surface area contributed by atoms with Crippen LogP contribution in [0.25, 0.3) is 10.8 Å². The maximum absolute atomic E-state index is 4.26. The molecule has 0 aliphatic carbocycles. The van der Waals surface area contributed by atoms with Crippen molar-refractivity contribution in [1.29, 1.82) is 0 Å². The number of hydrogen-bond acceptors (Lipinski definition) is 4. The van der Waals surface area contributed by atoms with Gasteiger partial charge >= 0.3 is 0 Å². The molecule has 0 saturated carbocycles. The number of aryl methyl sites for hydroxylation is 1. The van der Waals surface area contributed by atoms with E-state index in [0.29, 0.717) is 0 Å². The molecular formula is C15H17N5. The summed E-state index contributed by atoms with van der Waals surface area (Å²) in [6.07, 6.45) is 0.721. The van der Waals surface area contributed by atoms with Gasteiger partial charge in [-0.3, -0.25) is 0 Å². The molecule has 0 aliphatic heterocycles. The van der Waals surface area contributed by atoms with Crippen molar-refractivity contribution in [3.05, 3.63) is 53.9 Å². The van der Waals surface area contributed by atoms with Crippen LogP contribution < -0.4 is 5.32 Å². The quantitative estimate of drug-likeness (QED) is 0.784. The monoisotopic (exact) mass is 267 g/mol. The van der Waals surface area contributed by atoms with E-state index in [2.05, 4.69) is 63.2 Å². The van der Waals surface area contributed by atoms with Gasteiger partial charge in [0.05, 0.1) is 7.05 Å². The zero-order chi connectivity index (χ0) is 13.9. The van der Waals surface area contributed by atoms with Gasteiger partial charge in [0.15, 0.2) is 5.82 Å². The fraction of sp³-hybridized carbons (Fsp3) is 0.267. The Labute approximate surface area is 117 Å². The summed E-state index contributed by atoms with van der Waals surface area (Å²) in [6, 6.07) is 15.0. The Morgan fingerprint density at radius 1 is 1.15 bits per heavy atom. The van der Waals surface area contributed by atoms with Crippen molar-refractivity contribution in [2.45, 2.75) is 12.5 Å². The van der Waals surface area contributed by atoms with Crippen LogP contribution in [0, 0.1) is 0 Å². The first-order chi connectivity index (χ1) is 9.78. The number of nitrogens with one attached hydrogen (secondary N) is 1. The highest BCUT2D eigenvalue weighted by molar-refractivity contribution is 5.86. The molecule has 2 aromatic carbocycles. The first kappa shape index (κ1) is 12.7. The summed E-state index contributed by atoms with van der Waals surface area (Å²) < 4.78 is 0. The SMILES string of the molecule is CNC(Cc1nnn(C)n1)c1cccc2ccccc12. The number of aromatic nitrogens is 4. The number of hydrogen-bond donors (Lipinski definition) is 1. The van der Waals surface area contributed by atoms with E-state index in [1.165, 1.54) is 21.1 Å². The van der Waals surface area contributed by atoms with Crippen molar-refractivity contribution in [2.75, 3.05) is 7.05 Å². The lowest BCUT2D eigenvalue weighted by molar-refractivity contribution is 0.573. The predicted molar refractivity (Wildman–Crippen MR) is 78.3 cm³/mol. The van der Waals surface area contributed by atoms with Gasteiger partial charge in [0.1, 0.15) is 0 Å². The van der Waals surface area contributed by atoms with Gasteiger partial charge < -0.3 is 5.32 Å². The Morgan fingerprint density at radius 3 is 2.70 bits per heavy atom. The average Bonchev–Trinajstić information content (AvgIpc) is 2.89. The summed E-state index contributed by atoms with van der Waals surface area (Å²) in [5.41, 5.74) is 1.26. The molecule has 5 heteroatoms. The van der Waals surface area contributed by atoms with Crippen LogP contribution in [0.2, 0.25) is 0 Å². The van der Waals surface area contributed by atoms with E-state index in [1.54, 1.807) is 7.05 Å². The second-order valence-electron chi connectivity index (χ2n) is 4.81. The average molecular weight is 267 g/mol. The van der Waals surface area contributed by atoms with Crippen LogP contribution in [0.4, 0.5) is 0 Å². The molecule has 5 nitrogen and oxygen atoms in total. The number of tetrazole rings is 1. The molecule has 20 heavy (non-hydrogen) atoms. The van der Waals surface area contributed by atoms with E-state index in [9.17, 15) is 0 Å². The van der Waals surface area contributed by atoms with Gasteiger partial charge in [-0.1, -0.05) is 42.5 Å². The van der Waals surface area contributed by atoms with Gasteiger partial charge in [0.25, 0.3) is 0 Å². The maximum atomic E-state index is 4.26. The molecule has 0 amide bonds. The minimum atomic E-state index is 0.172. The minimum absolute atomic E-state index is 0.172. The topological polar surface area (TPSA) is 55.6 Å². The first-order valence-electron chi connectivity index (χ1n) is 6.65. The standard InChI is InChI=1S/C15H17N5/c1-16-14(10-15-17-19-20(2)18-15)13-9-5-7-11-6-3-4-8-12(11)13/h3-9,14,16H,10H2,1-2H3. The second-order valence-corrected chi connectivity index (χ2v) is 4.81. The van der Waals surface area contributed by atoms with Crippen molar-refractivity contribution in [2.24, 2.45) is 7.05 Å². The largest absolute Gasteiger partial charge is 0.313 e. The van der Waals surface area contributed by atoms with Gasteiger partial charge in [-0.2, -0.15) is 4.80 Å². The minimum Gasteiger partial charge on any atom is -0.313 e. The van der Waals surface area contributed by atoms with Crippen LogP contribution in [-0.4, -0.2) is 27.3 Å². The zero-order valence-electron chi connectivity index (χ0n) is 11.6. The highest BCUT2D eigenvalue weighted by atomic mass is 15.6. The molecule has 1 atom stereocenters. The molecule has 3 rings (SSSR count). The summed E-state index contributed by atoms with van der Waals surface area (Å²) in [4.78, 5) is 1.49. The van der Waals surface area contributed by atoms with Gasteiger partial charge in [-0.05, 0) is 28.6 Å². The number of fused-ring (bicyclic) bond motifs is 1. The van der Waals surface area contributed by atoms with Crippen molar-refractivity contribution in [3.63, 3.8) is 0 Å². The Morgan fingerprint density at radius 2 is 1.95 bits per heavy atom. The molecule has 1 aromatic heterocycles. The molecule has 1 N–H and O–H groups in total. The predicted octanol–water partition coefficient (Wildman–Crippen LogP) is 1.87. The van der Waals surface area contributed by atoms with Crippen LogP contribution in [0.15, 0.2) is 42.5 Å². The van der Waals surface area contributed by atoms with Crippen molar-refractivity contribution in [3.8, 4) is 0 Å². The number of likely N-dealkylation sites (N-methyl/N-ethyl adjacent to an activating group) is 1. The fourth-order valence-corrected chi connectivity index (χ4v) is 2.51. The van der Waals surface area contributed by atoms with E-state index in [1.807, 2.05) is 7.05 Å². The van der Waals surface area contributed by atoms with Crippen LogP contribution in [0.1, 0.15) is 17.4 Å². The third-order valence-electron chi connectivity index (χ3n) is 3.48. The van der Waals surface area contributed by atoms with Crippen LogP contribution >= 0.6 is 0 Å². The lowest BCUT2D eigenvalue weighted by atomic mass is 9.97. The summed E-state index contributed by atoms with van der Waals surface area (Å²) in [6.45, 7) is 0. The third kappa shape index (κ3) is 2.40. The maximum Gasteiger partial charge on any atom is 0.176 e. The molecular weight excluding hydrogens is 250 g/mol. The number of rotatable bonds is 4. The molecule has 0 spiro atoms. The highest BCUT2D eigenvalue weighted by Crippen LogP contribution is 2.25. The summed E-state index contributed by atoms with van der Waals surface area (Å²) in [7, 11) is 3.74. The van der Waals surface area contributed by atoms with E-state index in [-0.39, 0.29) is 6.04 Å². The summed E-state index contributed by atoms with van der Waals surface area (Å²) in [5.74, 6) is 0.750. The Kier molecular flexibility index (Phi) is 3.43. The van der Waals surface area contributed by atoms with E-state index in [0.717, 1.165) is 12.2 Å². The van der Waals surface area contributed by atoms with Gasteiger partial charge in [-0.15, -0.1) is 10.2 Å². The van der Waals surface area contributed by atoms with Gasteiger partial charge in [0.2, 0.25) is 0 Å². The molecule has 3 aromatic rings. The van der Waals surface area contributed by atoms with E-state index in [4.69, 9.17) is 0 Å². The van der Waals surface area contributed by atoms with Gasteiger partial charge in [-0.25, -0.2) is 0 Å².